The molecular weight excluding hydrogens is 352 g/mol. The maximum Gasteiger partial charge on any atom is 0.319 e. The first-order valence-electron chi connectivity index (χ1n) is 10.1. The molecule has 2 aromatic heterocycles. The van der Waals surface area contributed by atoms with Crippen LogP contribution in [0.25, 0.3) is 11.0 Å². The van der Waals surface area contributed by atoms with Crippen molar-refractivity contribution in [3.8, 4) is 0 Å². The number of benzene rings is 1. The van der Waals surface area contributed by atoms with Crippen molar-refractivity contribution in [2.75, 3.05) is 5.32 Å². The topological polar surface area (TPSA) is 76.8 Å². The molecular formula is C21H28N6O. The second-order valence-electron chi connectivity index (χ2n) is 7.64. The fourth-order valence-corrected chi connectivity index (χ4v) is 4.01. The lowest BCUT2D eigenvalue weighted by Crippen LogP contribution is -2.38. The summed E-state index contributed by atoms with van der Waals surface area (Å²) in [5, 5.41) is 6.05. The number of fused-ring (bicyclic) bond motifs is 1. The normalized spacial score (nSPS) is 15.1. The number of hydrogen-bond acceptors (Lipinski definition) is 3. The van der Waals surface area contributed by atoms with Crippen LogP contribution >= 0.6 is 0 Å². The molecule has 0 aliphatic heterocycles. The first-order chi connectivity index (χ1) is 13.6. The molecule has 4 rings (SSSR count). The highest BCUT2D eigenvalue weighted by molar-refractivity contribution is 5.92. The molecule has 1 saturated carbocycles. The molecule has 1 fully saturated rings. The molecule has 1 aliphatic carbocycles. The highest BCUT2D eigenvalue weighted by atomic mass is 16.2. The van der Waals surface area contributed by atoms with Crippen LogP contribution in [0.15, 0.2) is 30.6 Å². The molecule has 148 valence electrons. The fraction of sp³-hybridized carbons (Fsp3) is 0.476. The van der Waals surface area contributed by atoms with Gasteiger partial charge in [-0.25, -0.2) is 14.8 Å². The van der Waals surface area contributed by atoms with Crippen LogP contribution in [0.2, 0.25) is 0 Å². The number of rotatable bonds is 5. The number of nitrogens with one attached hydrogen (secondary N) is 2. The monoisotopic (exact) mass is 380 g/mol. The van der Waals surface area contributed by atoms with E-state index in [1.54, 1.807) is 0 Å². The molecule has 0 spiro atoms. The van der Waals surface area contributed by atoms with E-state index in [0.717, 1.165) is 54.2 Å². The van der Waals surface area contributed by atoms with E-state index in [4.69, 9.17) is 4.98 Å². The number of amides is 2. The number of aryl methyl sites for hydroxylation is 4. The molecule has 0 unspecified atom stereocenters. The molecule has 2 N–H and O–H groups in total. The van der Waals surface area contributed by atoms with E-state index >= 15 is 0 Å². The van der Waals surface area contributed by atoms with Gasteiger partial charge in [-0.1, -0.05) is 19.3 Å². The van der Waals surface area contributed by atoms with Gasteiger partial charge in [-0.3, -0.25) is 0 Å². The van der Waals surface area contributed by atoms with E-state index in [0.29, 0.717) is 6.04 Å². The van der Waals surface area contributed by atoms with Crippen molar-refractivity contribution >= 4 is 22.8 Å². The molecule has 28 heavy (non-hydrogen) atoms. The van der Waals surface area contributed by atoms with Gasteiger partial charge in [0.2, 0.25) is 0 Å². The number of aromatic nitrogens is 4. The van der Waals surface area contributed by atoms with Crippen LogP contribution in [0.1, 0.15) is 43.8 Å². The van der Waals surface area contributed by atoms with Crippen LogP contribution in [0, 0.1) is 6.92 Å². The average molecular weight is 380 g/mol. The molecule has 3 aromatic rings. The number of carbonyl (C=O) groups excluding carboxylic acids is 1. The third-order valence-electron chi connectivity index (χ3n) is 5.67. The first-order valence-corrected chi connectivity index (χ1v) is 10.1. The van der Waals surface area contributed by atoms with Gasteiger partial charge in [-0.15, -0.1) is 0 Å². The van der Waals surface area contributed by atoms with E-state index in [2.05, 4.69) is 24.8 Å². The smallest absolute Gasteiger partial charge is 0.319 e. The lowest BCUT2D eigenvalue weighted by molar-refractivity contribution is 0.244. The van der Waals surface area contributed by atoms with Gasteiger partial charge >= 0.3 is 6.03 Å². The third kappa shape index (κ3) is 4.03. The van der Waals surface area contributed by atoms with Gasteiger partial charge in [0, 0.05) is 44.1 Å². The Labute approximate surface area is 165 Å². The highest BCUT2D eigenvalue weighted by Crippen LogP contribution is 2.21. The van der Waals surface area contributed by atoms with Gasteiger partial charge in [0.25, 0.3) is 0 Å². The Morgan fingerprint density at radius 2 is 2.07 bits per heavy atom. The molecule has 0 atom stereocenters. The van der Waals surface area contributed by atoms with Gasteiger partial charge < -0.3 is 19.8 Å². The molecule has 2 amide bonds. The number of nitrogens with zero attached hydrogens (tertiary/aromatic N) is 4. The number of hydrogen-bond donors (Lipinski definition) is 2. The minimum absolute atomic E-state index is 0.127. The van der Waals surface area contributed by atoms with Crippen LogP contribution < -0.4 is 10.6 Å². The average Bonchev–Trinajstić information content (AvgIpc) is 3.23. The second kappa shape index (κ2) is 8.04. The summed E-state index contributed by atoms with van der Waals surface area (Å²) < 4.78 is 4.25. The van der Waals surface area contributed by atoms with Gasteiger partial charge in [0.15, 0.2) is 0 Å². The van der Waals surface area contributed by atoms with Crippen LogP contribution in [0.4, 0.5) is 10.5 Å². The van der Waals surface area contributed by atoms with E-state index in [1.165, 1.54) is 19.3 Å². The van der Waals surface area contributed by atoms with Crippen LogP contribution in [-0.4, -0.2) is 31.2 Å². The Balaban J connectivity index is 1.43. The summed E-state index contributed by atoms with van der Waals surface area (Å²) in [4.78, 5) is 21.3. The standard InChI is InChI=1S/C21H28N6O/c1-15-22-11-13-27(15)12-10-20-25-18-14-17(8-9-19(18)26(20)2)24-21(28)23-16-6-4-3-5-7-16/h8-9,11,13-14,16H,3-7,10,12H2,1-2H3,(H2,23,24,28). The third-order valence-corrected chi connectivity index (χ3v) is 5.67. The molecule has 7 heteroatoms. The summed E-state index contributed by atoms with van der Waals surface area (Å²) in [6, 6.07) is 6.07. The van der Waals surface area contributed by atoms with E-state index < -0.39 is 0 Å². The predicted octanol–water partition coefficient (Wildman–Crippen LogP) is 3.78. The van der Waals surface area contributed by atoms with Crippen molar-refractivity contribution in [3.63, 3.8) is 0 Å². The summed E-state index contributed by atoms with van der Waals surface area (Å²) in [6.07, 6.45) is 10.5. The predicted molar refractivity (Wildman–Crippen MR) is 110 cm³/mol. The van der Waals surface area contributed by atoms with E-state index in [-0.39, 0.29) is 6.03 Å². The number of imidazole rings is 2. The van der Waals surface area contributed by atoms with Crippen molar-refractivity contribution in [2.45, 2.75) is 58.0 Å². The summed E-state index contributed by atoms with van der Waals surface area (Å²) in [5.41, 5.74) is 2.74. The van der Waals surface area contributed by atoms with Crippen molar-refractivity contribution < 1.29 is 4.79 Å². The molecule has 0 radical (unpaired) electrons. The fourth-order valence-electron chi connectivity index (χ4n) is 4.01. The van der Waals surface area contributed by atoms with Crippen LogP contribution in [-0.2, 0) is 20.0 Å². The minimum Gasteiger partial charge on any atom is -0.335 e. The maximum atomic E-state index is 12.3. The molecule has 1 aliphatic rings. The summed E-state index contributed by atoms with van der Waals surface area (Å²) >= 11 is 0. The molecule has 1 aromatic carbocycles. The van der Waals surface area contributed by atoms with Crippen molar-refractivity contribution in [2.24, 2.45) is 7.05 Å². The van der Waals surface area contributed by atoms with Gasteiger partial charge in [0.05, 0.1) is 11.0 Å². The number of urea groups is 1. The molecule has 7 nitrogen and oxygen atoms in total. The Morgan fingerprint density at radius 3 is 2.82 bits per heavy atom. The van der Waals surface area contributed by atoms with Crippen LogP contribution in [0.5, 0.6) is 0 Å². The Kier molecular flexibility index (Phi) is 5.32. The Hall–Kier alpha value is -2.83. The second-order valence-corrected chi connectivity index (χ2v) is 7.64. The van der Waals surface area contributed by atoms with Crippen molar-refractivity contribution in [1.82, 2.24) is 24.4 Å². The Morgan fingerprint density at radius 1 is 1.25 bits per heavy atom. The maximum absolute atomic E-state index is 12.3. The zero-order chi connectivity index (χ0) is 19.5. The lowest BCUT2D eigenvalue weighted by atomic mass is 9.96. The van der Waals surface area contributed by atoms with Gasteiger partial charge in [-0.2, -0.15) is 0 Å². The van der Waals surface area contributed by atoms with E-state index in [1.807, 2.05) is 44.6 Å². The molecule has 0 saturated heterocycles. The number of anilines is 1. The lowest BCUT2D eigenvalue weighted by Gasteiger charge is -2.22. The quantitative estimate of drug-likeness (QED) is 0.707. The van der Waals surface area contributed by atoms with Gasteiger partial charge in [0.1, 0.15) is 11.6 Å². The SMILES string of the molecule is Cc1nccn1CCc1nc2cc(NC(=O)NC3CCCCC3)ccc2n1C. The molecule has 2 heterocycles. The van der Waals surface area contributed by atoms with Crippen LogP contribution in [0.3, 0.4) is 0 Å². The summed E-state index contributed by atoms with van der Waals surface area (Å²) in [6.45, 7) is 2.85. The zero-order valence-corrected chi connectivity index (χ0v) is 16.6. The Bertz CT molecular complexity index is 967. The highest BCUT2D eigenvalue weighted by Gasteiger charge is 2.16. The number of carbonyl (C=O) groups is 1. The minimum atomic E-state index is -0.127. The summed E-state index contributed by atoms with van der Waals surface area (Å²) in [7, 11) is 2.04. The largest absolute Gasteiger partial charge is 0.335 e. The summed E-state index contributed by atoms with van der Waals surface area (Å²) in [5.74, 6) is 2.03. The van der Waals surface area contributed by atoms with Crippen molar-refractivity contribution in [1.29, 1.82) is 0 Å². The van der Waals surface area contributed by atoms with E-state index in [9.17, 15) is 4.79 Å². The zero-order valence-electron chi connectivity index (χ0n) is 16.6. The van der Waals surface area contributed by atoms with Gasteiger partial charge in [-0.05, 0) is 38.0 Å². The molecule has 0 bridgehead atoms. The van der Waals surface area contributed by atoms with Crippen molar-refractivity contribution in [3.05, 3.63) is 42.2 Å². The first kappa shape index (κ1) is 18.5.